The lowest BCUT2D eigenvalue weighted by molar-refractivity contribution is 0.548. The number of benzene rings is 1. The highest BCUT2D eigenvalue weighted by Gasteiger charge is 2.10. The topological polar surface area (TPSA) is 15.3 Å². The first-order valence-electron chi connectivity index (χ1n) is 6.80. The summed E-state index contributed by atoms with van der Waals surface area (Å²) >= 11 is 3.66. The number of rotatable bonds is 7. The van der Waals surface area contributed by atoms with Gasteiger partial charge in [0.05, 0.1) is 0 Å². The van der Waals surface area contributed by atoms with Crippen molar-refractivity contribution in [2.24, 2.45) is 5.92 Å². The van der Waals surface area contributed by atoms with E-state index in [9.17, 15) is 0 Å². The molecule has 0 aliphatic heterocycles. The molecular formula is C15H25BrN2. The SMILES string of the molecule is CCC(C)CN(CC)c1ccc(CNC)c(Br)c1. The van der Waals surface area contributed by atoms with Crippen LogP contribution < -0.4 is 10.2 Å². The van der Waals surface area contributed by atoms with Gasteiger partial charge in [0.2, 0.25) is 0 Å². The van der Waals surface area contributed by atoms with Crippen LogP contribution in [0.1, 0.15) is 32.8 Å². The van der Waals surface area contributed by atoms with Crippen molar-refractivity contribution in [2.45, 2.75) is 33.7 Å². The highest BCUT2D eigenvalue weighted by Crippen LogP contribution is 2.25. The fourth-order valence-electron chi connectivity index (χ4n) is 1.99. The minimum atomic E-state index is 0.737. The van der Waals surface area contributed by atoms with Crippen molar-refractivity contribution in [1.29, 1.82) is 0 Å². The van der Waals surface area contributed by atoms with E-state index in [1.165, 1.54) is 22.1 Å². The molecule has 3 heteroatoms. The van der Waals surface area contributed by atoms with E-state index < -0.39 is 0 Å². The van der Waals surface area contributed by atoms with E-state index in [0.29, 0.717) is 0 Å². The molecule has 1 aromatic rings. The molecule has 18 heavy (non-hydrogen) atoms. The Hall–Kier alpha value is -0.540. The molecule has 0 saturated carbocycles. The predicted molar refractivity (Wildman–Crippen MR) is 84.2 cm³/mol. The molecular weight excluding hydrogens is 288 g/mol. The van der Waals surface area contributed by atoms with E-state index in [1.54, 1.807) is 0 Å². The average Bonchev–Trinajstić information content (AvgIpc) is 2.38. The number of halogens is 1. The fourth-order valence-corrected chi connectivity index (χ4v) is 2.50. The van der Waals surface area contributed by atoms with Crippen LogP contribution in [0.25, 0.3) is 0 Å². The number of anilines is 1. The van der Waals surface area contributed by atoms with Gasteiger partial charge >= 0.3 is 0 Å². The summed E-state index contributed by atoms with van der Waals surface area (Å²) in [6.45, 7) is 9.88. The second-order valence-corrected chi connectivity index (χ2v) is 5.71. The van der Waals surface area contributed by atoms with Gasteiger partial charge in [-0.15, -0.1) is 0 Å². The molecule has 0 saturated heterocycles. The number of nitrogens with one attached hydrogen (secondary N) is 1. The molecule has 0 radical (unpaired) electrons. The first kappa shape index (κ1) is 15.5. The van der Waals surface area contributed by atoms with Crippen LogP contribution in [0.2, 0.25) is 0 Å². The van der Waals surface area contributed by atoms with Gasteiger partial charge in [0.25, 0.3) is 0 Å². The molecule has 1 aromatic carbocycles. The molecule has 1 N–H and O–H groups in total. The van der Waals surface area contributed by atoms with Crippen LogP contribution in [-0.4, -0.2) is 20.1 Å². The third-order valence-electron chi connectivity index (χ3n) is 3.38. The molecule has 102 valence electrons. The van der Waals surface area contributed by atoms with Gasteiger partial charge in [-0.1, -0.05) is 42.3 Å². The third-order valence-corrected chi connectivity index (χ3v) is 4.12. The first-order valence-corrected chi connectivity index (χ1v) is 7.59. The zero-order valence-corrected chi connectivity index (χ0v) is 13.5. The Bertz CT molecular complexity index is 366. The minimum Gasteiger partial charge on any atom is -0.372 e. The number of hydrogen-bond acceptors (Lipinski definition) is 2. The van der Waals surface area contributed by atoms with E-state index >= 15 is 0 Å². The van der Waals surface area contributed by atoms with Crippen LogP contribution in [0, 0.1) is 5.92 Å². The van der Waals surface area contributed by atoms with E-state index in [4.69, 9.17) is 0 Å². The molecule has 0 bridgehead atoms. The largest absolute Gasteiger partial charge is 0.372 e. The van der Waals surface area contributed by atoms with Crippen LogP contribution >= 0.6 is 15.9 Å². The maximum absolute atomic E-state index is 3.66. The van der Waals surface area contributed by atoms with E-state index in [-0.39, 0.29) is 0 Å². The van der Waals surface area contributed by atoms with Gasteiger partial charge in [-0.3, -0.25) is 0 Å². The van der Waals surface area contributed by atoms with Crippen molar-refractivity contribution >= 4 is 21.6 Å². The Morgan fingerprint density at radius 1 is 1.33 bits per heavy atom. The fraction of sp³-hybridized carbons (Fsp3) is 0.600. The van der Waals surface area contributed by atoms with Crippen LogP contribution in [-0.2, 0) is 6.54 Å². The second kappa shape index (κ2) is 7.80. The van der Waals surface area contributed by atoms with E-state index in [2.05, 4.69) is 65.1 Å². The summed E-state index contributed by atoms with van der Waals surface area (Å²) in [7, 11) is 1.97. The highest BCUT2D eigenvalue weighted by molar-refractivity contribution is 9.10. The standard InChI is InChI=1S/C15H25BrN2/c1-5-12(3)11-18(6-2)14-8-7-13(10-17-4)15(16)9-14/h7-9,12,17H,5-6,10-11H2,1-4H3. The summed E-state index contributed by atoms with van der Waals surface area (Å²) in [4.78, 5) is 2.45. The summed E-state index contributed by atoms with van der Waals surface area (Å²) < 4.78 is 1.19. The lowest BCUT2D eigenvalue weighted by Crippen LogP contribution is -2.28. The van der Waals surface area contributed by atoms with Gasteiger partial charge < -0.3 is 10.2 Å². The zero-order valence-electron chi connectivity index (χ0n) is 12.0. The van der Waals surface area contributed by atoms with Gasteiger partial charge in [-0.05, 0) is 37.6 Å². The molecule has 0 heterocycles. The van der Waals surface area contributed by atoms with Crippen LogP contribution in [0.4, 0.5) is 5.69 Å². The Morgan fingerprint density at radius 3 is 2.56 bits per heavy atom. The van der Waals surface area contributed by atoms with Gasteiger partial charge in [0.15, 0.2) is 0 Å². The van der Waals surface area contributed by atoms with Gasteiger partial charge in [-0.2, -0.15) is 0 Å². The summed E-state index contributed by atoms with van der Waals surface area (Å²) in [5, 5.41) is 3.19. The monoisotopic (exact) mass is 312 g/mol. The molecule has 1 unspecified atom stereocenters. The van der Waals surface area contributed by atoms with Gasteiger partial charge in [0.1, 0.15) is 0 Å². The minimum absolute atomic E-state index is 0.737. The van der Waals surface area contributed by atoms with E-state index in [1.807, 2.05) is 7.05 Å². The Kier molecular flexibility index (Phi) is 6.72. The van der Waals surface area contributed by atoms with Crippen LogP contribution in [0.15, 0.2) is 22.7 Å². The zero-order chi connectivity index (χ0) is 13.5. The summed E-state index contributed by atoms with van der Waals surface area (Å²) in [5.41, 5.74) is 2.62. The first-order chi connectivity index (χ1) is 8.62. The lowest BCUT2D eigenvalue weighted by atomic mass is 10.1. The van der Waals surface area contributed by atoms with Crippen molar-refractivity contribution in [1.82, 2.24) is 5.32 Å². The quantitative estimate of drug-likeness (QED) is 0.817. The second-order valence-electron chi connectivity index (χ2n) is 4.86. The summed E-state index contributed by atoms with van der Waals surface area (Å²) in [6.07, 6.45) is 1.23. The molecule has 0 spiro atoms. The molecule has 0 aliphatic rings. The molecule has 0 amide bonds. The van der Waals surface area contributed by atoms with Crippen molar-refractivity contribution in [3.63, 3.8) is 0 Å². The van der Waals surface area contributed by atoms with Crippen molar-refractivity contribution in [3.05, 3.63) is 28.2 Å². The maximum Gasteiger partial charge on any atom is 0.0377 e. The van der Waals surface area contributed by atoms with Crippen molar-refractivity contribution < 1.29 is 0 Å². The van der Waals surface area contributed by atoms with Crippen LogP contribution in [0.5, 0.6) is 0 Å². The smallest absolute Gasteiger partial charge is 0.0377 e. The van der Waals surface area contributed by atoms with Crippen LogP contribution in [0.3, 0.4) is 0 Å². The summed E-state index contributed by atoms with van der Waals surface area (Å²) in [5.74, 6) is 0.737. The van der Waals surface area contributed by atoms with E-state index in [0.717, 1.165) is 25.6 Å². The normalized spacial score (nSPS) is 12.5. The van der Waals surface area contributed by atoms with Crippen molar-refractivity contribution in [3.8, 4) is 0 Å². The van der Waals surface area contributed by atoms with Gasteiger partial charge in [-0.25, -0.2) is 0 Å². The maximum atomic E-state index is 3.66. The van der Waals surface area contributed by atoms with Crippen molar-refractivity contribution in [2.75, 3.05) is 25.0 Å². The summed E-state index contributed by atoms with van der Waals surface area (Å²) in [6, 6.07) is 6.66. The highest BCUT2D eigenvalue weighted by atomic mass is 79.9. The third kappa shape index (κ3) is 4.29. The molecule has 2 nitrogen and oxygen atoms in total. The Morgan fingerprint density at radius 2 is 2.06 bits per heavy atom. The molecule has 0 fully saturated rings. The lowest BCUT2D eigenvalue weighted by Gasteiger charge is -2.26. The number of nitrogens with zero attached hydrogens (tertiary/aromatic N) is 1. The molecule has 1 atom stereocenters. The molecule has 0 aliphatic carbocycles. The Labute approximate surface area is 120 Å². The Balaban J connectivity index is 2.83. The number of hydrogen-bond donors (Lipinski definition) is 1. The van der Waals surface area contributed by atoms with Gasteiger partial charge in [0, 0.05) is 29.8 Å². The molecule has 0 aromatic heterocycles. The predicted octanol–water partition coefficient (Wildman–Crippen LogP) is 4.04. The molecule has 1 rings (SSSR count). The average molecular weight is 313 g/mol.